The number of amides is 1. The van der Waals surface area contributed by atoms with Crippen molar-refractivity contribution in [3.63, 3.8) is 0 Å². The molecule has 0 radical (unpaired) electrons. The summed E-state index contributed by atoms with van der Waals surface area (Å²) in [5.74, 6) is 0.588. The Labute approximate surface area is 132 Å². The molecule has 2 N–H and O–H groups in total. The van der Waals surface area contributed by atoms with E-state index in [4.69, 9.17) is 11.6 Å². The molecule has 0 aliphatic heterocycles. The van der Waals surface area contributed by atoms with Crippen LogP contribution in [0.4, 0.5) is 5.69 Å². The Morgan fingerprint density at radius 2 is 2.19 bits per heavy atom. The molecule has 2 heterocycles. The number of thiophene rings is 1. The summed E-state index contributed by atoms with van der Waals surface area (Å²) in [5, 5.41) is 5.79. The molecule has 0 atom stereocenters. The summed E-state index contributed by atoms with van der Waals surface area (Å²) in [4.78, 5) is 21.9. The van der Waals surface area contributed by atoms with Crippen LogP contribution in [0.15, 0.2) is 18.3 Å². The van der Waals surface area contributed by atoms with Gasteiger partial charge >= 0.3 is 0 Å². The van der Waals surface area contributed by atoms with E-state index in [-0.39, 0.29) is 11.8 Å². The van der Waals surface area contributed by atoms with Gasteiger partial charge in [0.25, 0.3) is 5.91 Å². The molecule has 0 fully saturated rings. The van der Waals surface area contributed by atoms with Crippen molar-refractivity contribution in [3.8, 4) is 0 Å². The molecule has 0 saturated carbocycles. The molecular formula is C14H17ClN4OS. The normalized spacial score (nSPS) is 10.7. The molecule has 0 aromatic carbocycles. The van der Waals surface area contributed by atoms with E-state index in [0.717, 1.165) is 4.88 Å². The maximum absolute atomic E-state index is 12.3. The smallest absolute Gasteiger partial charge is 0.272 e. The van der Waals surface area contributed by atoms with Gasteiger partial charge < -0.3 is 10.6 Å². The van der Waals surface area contributed by atoms with Gasteiger partial charge in [0.15, 0.2) is 5.69 Å². The molecule has 0 bridgehead atoms. The Morgan fingerprint density at radius 3 is 2.76 bits per heavy atom. The standard InChI is InChI=1S/C14H17ClN4OS/c1-8(2)13-17-7-10(16-3)12(19-13)14(20)18-6-9-4-5-11(15)21-9/h4-5,7-8,16H,6H2,1-3H3,(H,18,20). The third-order valence-electron chi connectivity index (χ3n) is 2.86. The molecule has 7 heteroatoms. The SMILES string of the molecule is CNc1cnc(C(C)C)nc1C(=O)NCc1ccc(Cl)s1. The first kappa shape index (κ1) is 15.7. The molecule has 0 saturated heterocycles. The topological polar surface area (TPSA) is 66.9 Å². The monoisotopic (exact) mass is 324 g/mol. The van der Waals surface area contributed by atoms with Gasteiger partial charge in [-0.15, -0.1) is 11.3 Å². The van der Waals surface area contributed by atoms with Gasteiger partial charge in [-0.05, 0) is 12.1 Å². The van der Waals surface area contributed by atoms with Crippen LogP contribution in [0.5, 0.6) is 0 Å². The van der Waals surface area contributed by atoms with E-state index in [1.807, 2.05) is 26.0 Å². The Bertz CT molecular complexity index is 642. The van der Waals surface area contributed by atoms with Crippen LogP contribution in [0.1, 0.15) is 41.0 Å². The minimum atomic E-state index is -0.229. The van der Waals surface area contributed by atoms with Crippen LogP contribution in [0.3, 0.4) is 0 Å². The second-order valence-corrected chi connectivity index (χ2v) is 6.58. The molecule has 2 aromatic rings. The summed E-state index contributed by atoms with van der Waals surface area (Å²) >= 11 is 7.32. The Hall–Kier alpha value is -1.66. The fourth-order valence-corrected chi connectivity index (χ4v) is 2.75. The predicted molar refractivity (Wildman–Crippen MR) is 86.2 cm³/mol. The van der Waals surface area contributed by atoms with Crippen LogP contribution < -0.4 is 10.6 Å². The van der Waals surface area contributed by atoms with Crippen molar-refractivity contribution >= 4 is 34.5 Å². The number of halogens is 1. The second kappa shape index (κ2) is 6.87. The lowest BCUT2D eigenvalue weighted by Gasteiger charge is -2.11. The lowest BCUT2D eigenvalue weighted by atomic mass is 10.2. The van der Waals surface area contributed by atoms with Gasteiger partial charge in [0.05, 0.1) is 22.8 Å². The van der Waals surface area contributed by atoms with E-state index in [1.54, 1.807) is 13.2 Å². The average Bonchev–Trinajstić information content (AvgIpc) is 2.89. The number of nitrogens with zero attached hydrogens (tertiary/aromatic N) is 2. The summed E-state index contributed by atoms with van der Waals surface area (Å²) in [6.07, 6.45) is 1.64. The molecule has 1 amide bonds. The van der Waals surface area contributed by atoms with Crippen molar-refractivity contribution in [3.05, 3.63) is 39.1 Å². The number of hydrogen-bond acceptors (Lipinski definition) is 5. The maximum Gasteiger partial charge on any atom is 0.272 e. The highest BCUT2D eigenvalue weighted by Crippen LogP contribution is 2.21. The zero-order chi connectivity index (χ0) is 15.4. The lowest BCUT2D eigenvalue weighted by molar-refractivity contribution is 0.0946. The Balaban J connectivity index is 2.15. The van der Waals surface area contributed by atoms with Crippen molar-refractivity contribution in [1.82, 2.24) is 15.3 Å². The van der Waals surface area contributed by atoms with Crippen LogP contribution >= 0.6 is 22.9 Å². The third-order valence-corrected chi connectivity index (χ3v) is 4.09. The van der Waals surface area contributed by atoms with Crippen LogP contribution in [-0.4, -0.2) is 22.9 Å². The summed E-state index contributed by atoms with van der Waals surface area (Å²) in [5.41, 5.74) is 0.972. The molecule has 2 rings (SSSR count). The van der Waals surface area contributed by atoms with E-state index in [2.05, 4.69) is 20.6 Å². The van der Waals surface area contributed by atoms with Crippen LogP contribution in [0, 0.1) is 0 Å². The number of rotatable bonds is 5. The lowest BCUT2D eigenvalue weighted by Crippen LogP contribution is -2.25. The van der Waals surface area contributed by atoms with Gasteiger partial charge in [0, 0.05) is 17.8 Å². The van der Waals surface area contributed by atoms with E-state index in [9.17, 15) is 4.79 Å². The molecule has 112 valence electrons. The molecule has 0 aliphatic rings. The zero-order valence-corrected chi connectivity index (χ0v) is 13.7. The molecule has 5 nitrogen and oxygen atoms in total. The summed E-state index contributed by atoms with van der Waals surface area (Å²) in [7, 11) is 1.74. The predicted octanol–water partition coefficient (Wildman–Crippen LogP) is 3.29. The first-order valence-corrected chi connectivity index (χ1v) is 7.77. The highest BCUT2D eigenvalue weighted by molar-refractivity contribution is 7.16. The van der Waals surface area contributed by atoms with E-state index >= 15 is 0 Å². The molecule has 21 heavy (non-hydrogen) atoms. The highest BCUT2D eigenvalue weighted by Gasteiger charge is 2.16. The average molecular weight is 325 g/mol. The maximum atomic E-state index is 12.3. The van der Waals surface area contributed by atoms with Crippen LogP contribution in [0.2, 0.25) is 4.34 Å². The fourth-order valence-electron chi connectivity index (χ4n) is 1.73. The van der Waals surface area contributed by atoms with Gasteiger partial charge in [0.2, 0.25) is 0 Å². The third kappa shape index (κ3) is 3.92. The van der Waals surface area contributed by atoms with Crippen molar-refractivity contribution in [2.24, 2.45) is 0 Å². The van der Waals surface area contributed by atoms with Gasteiger partial charge in [-0.3, -0.25) is 4.79 Å². The van der Waals surface area contributed by atoms with Crippen LogP contribution in [-0.2, 0) is 6.54 Å². The number of nitrogens with one attached hydrogen (secondary N) is 2. The van der Waals surface area contributed by atoms with Gasteiger partial charge in [-0.25, -0.2) is 9.97 Å². The highest BCUT2D eigenvalue weighted by atomic mass is 35.5. The molecule has 0 spiro atoms. The summed E-state index contributed by atoms with van der Waals surface area (Å²) in [6.45, 7) is 4.41. The number of carbonyl (C=O) groups is 1. The number of anilines is 1. The van der Waals surface area contributed by atoms with E-state index < -0.39 is 0 Å². The molecular weight excluding hydrogens is 308 g/mol. The summed E-state index contributed by atoms with van der Waals surface area (Å²) in [6, 6.07) is 3.71. The summed E-state index contributed by atoms with van der Waals surface area (Å²) < 4.78 is 0.708. The van der Waals surface area contributed by atoms with Crippen molar-refractivity contribution in [2.45, 2.75) is 26.3 Å². The number of aromatic nitrogens is 2. The van der Waals surface area contributed by atoms with Crippen molar-refractivity contribution < 1.29 is 4.79 Å². The molecule has 0 aliphatic carbocycles. The van der Waals surface area contributed by atoms with Crippen molar-refractivity contribution in [2.75, 3.05) is 12.4 Å². The quantitative estimate of drug-likeness (QED) is 0.885. The van der Waals surface area contributed by atoms with E-state index in [0.29, 0.717) is 28.1 Å². The second-order valence-electron chi connectivity index (χ2n) is 4.78. The first-order chi connectivity index (χ1) is 10.0. The number of hydrogen-bond donors (Lipinski definition) is 2. The van der Waals surface area contributed by atoms with Crippen LogP contribution in [0.25, 0.3) is 0 Å². The first-order valence-electron chi connectivity index (χ1n) is 6.58. The molecule has 0 unspecified atom stereocenters. The van der Waals surface area contributed by atoms with Gasteiger partial charge in [-0.2, -0.15) is 0 Å². The van der Waals surface area contributed by atoms with E-state index in [1.165, 1.54) is 11.3 Å². The number of carbonyl (C=O) groups excluding carboxylic acids is 1. The largest absolute Gasteiger partial charge is 0.385 e. The van der Waals surface area contributed by atoms with Gasteiger partial charge in [0.1, 0.15) is 5.82 Å². The minimum absolute atomic E-state index is 0.165. The van der Waals surface area contributed by atoms with Crippen molar-refractivity contribution in [1.29, 1.82) is 0 Å². The Kier molecular flexibility index (Phi) is 5.14. The molecule has 2 aromatic heterocycles. The van der Waals surface area contributed by atoms with Gasteiger partial charge in [-0.1, -0.05) is 25.4 Å². The minimum Gasteiger partial charge on any atom is -0.385 e. The fraction of sp³-hybridized carbons (Fsp3) is 0.357. The zero-order valence-electron chi connectivity index (χ0n) is 12.1. The Morgan fingerprint density at radius 1 is 1.43 bits per heavy atom.